The van der Waals surface area contributed by atoms with Crippen molar-refractivity contribution < 1.29 is 9.59 Å². The number of hydrogen-bond donors (Lipinski definition) is 0. The molecule has 234 valence electrons. The van der Waals surface area contributed by atoms with Gasteiger partial charge in [0.2, 0.25) is 0 Å². The Bertz CT molecular complexity index is 2190. The Labute approximate surface area is 281 Å². The van der Waals surface area contributed by atoms with Crippen LogP contribution in [0.5, 0.6) is 0 Å². The van der Waals surface area contributed by atoms with Crippen LogP contribution in [-0.2, 0) is 9.59 Å². The molecule has 2 aliphatic heterocycles. The lowest BCUT2D eigenvalue weighted by atomic mass is 9.96. The highest BCUT2D eigenvalue weighted by Crippen LogP contribution is 2.52. The molecule has 2 unspecified atom stereocenters. The first-order chi connectivity index (χ1) is 23.3. The van der Waals surface area contributed by atoms with Gasteiger partial charge in [-0.2, -0.15) is 0 Å². The lowest BCUT2D eigenvalue weighted by molar-refractivity contribution is -0.125. The number of amides is 2. The van der Waals surface area contributed by atoms with Gasteiger partial charge in [-0.15, -0.1) is 0 Å². The van der Waals surface area contributed by atoms with Gasteiger partial charge in [0.1, 0.15) is 0 Å². The molecular weight excluding hydrogens is 588 g/mol. The topological polar surface area (TPSA) is 40.6 Å². The summed E-state index contributed by atoms with van der Waals surface area (Å²) in [4.78, 5) is 34.3. The van der Waals surface area contributed by atoms with E-state index in [0.717, 1.165) is 54.9 Å². The fourth-order valence-corrected chi connectivity index (χ4v) is 7.63. The largest absolute Gasteiger partial charge is 0.300 e. The highest BCUT2D eigenvalue weighted by molar-refractivity contribution is 6.31. The summed E-state index contributed by atoms with van der Waals surface area (Å²) in [5.74, 6) is -0.311. The zero-order chi connectivity index (χ0) is 33.1. The van der Waals surface area contributed by atoms with Crippen molar-refractivity contribution in [1.82, 2.24) is 9.80 Å². The summed E-state index contributed by atoms with van der Waals surface area (Å²) in [6.07, 6.45) is 0. The Balaban J connectivity index is 1.47. The normalized spacial score (nSPS) is 16.0. The predicted octanol–water partition coefficient (Wildman–Crippen LogP) is 9.94. The summed E-state index contributed by atoms with van der Waals surface area (Å²) in [7, 11) is 0. The van der Waals surface area contributed by atoms with Crippen molar-refractivity contribution in [3.05, 3.63) is 178 Å². The van der Waals surface area contributed by atoms with E-state index in [1.54, 1.807) is 0 Å². The van der Waals surface area contributed by atoms with Gasteiger partial charge in [-0.1, -0.05) is 145 Å². The van der Waals surface area contributed by atoms with E-state index in [-0.39, 0.29) is 23.9 Å². The molecular formula is C44H36N2O2. The van der Waals surface area contributed by atoms with Crippen LogP contribution in [0.3, 0.4) is 0 Å². The lowest BCUT2D eigenvalue weighted by Gasteiger charge is -2.32. The summed E-state index contributed by atoms with van der Waals surface area (Å²) < 4.78 is 0. The molecule has 0 saturated heterocycles. The summed E-state index contributed by atoms with van der Waals surface area (Å²) in [5.41, 5.74) is 8.31. The van der Waals surface area contributed by atoms with Crippen molar-refractivity contribution in [2.24, 2.45) is 0 Å². The number of fused-ring (bicyclic) bond motifs is 3. The predicted molar refractivity (Wildman–Crippen MR) is 195 cm³/mol. The minimum atomic E-state index is -0.318. The summed E-state index contributed by atoms with van der Waals surface area (Å²) >= 11 is 0. The molecule has 6 aromatic rings. The molecule has 2 heterocycles. The maximum atomic E-state index is 15.3. The lowest BCUT2D eigenvalue weighted by Crippen LogP contribution is -2.33. The smallest absolute Gasteiger partial charge is 0.261 e. The average Bonchev–Trinajstić information content (AvgIpc) is 3.57. The van der Waals surface area contributed by atoms with Gasteiger partial charge in [-0.25, -0.2) is 0 Å². The second-order valence-corrected chi connectivity index (χ2v) is 13.0. The second kappa shape index (κ2) is 11.5. The van der Waals surface area contributed by atoms with Crippen LogP contribution in [0.25, 0.3) is 32.9 Å². The molecule has 2 atom stereocenters. The number of aryl methyl sites for hydroxylation is 2. The van der Waals surface area contributed by atoms with Crippen molar-refractivity contribution in [1.29, 1.82) is 0 Å². The van der Waals surface area contributed by atoms with Crippen molar-refractivity contribution in [2.45, 2.75) is 39.8 Å². The van der Waals surface area contributed by atoms with E-state index in [2.05, 4.69) is 100 Å². The molecule has 0 N–H and O–H groups in total. The third-order valence-electron chi connectivity index (χ3n) is 9.98. The van der Waals surface area contributed by atoms with E-state index >= 15 is 9.59 Å². The zero-order valence-corrected chi connectivity index (χ0v) is 27.6. The molecule has 0 radical (unpaired) electrons. The van der Waals surface area contributed by atoms with Crippen LogP contribution >= 0.6 is 0 Å². The van der Waals surface area contributed by atoms with E-state index in [1.165, 1.54) is 0 Å². The summed E-state index contributed by atoms with van der Waals surface area (Å²) in [6, 6.07) is 44.6. The van der Waals surface area contributed by atoms with Crippen LogP contribution in [0.2, 0.25) is 0 Å². The number of carbonyl (C=O) groups excluding carboxylic acids is 2. The first-order valence-electron chi connectivity index (χ1n) is 16.6. The van der Waals surface area contributed by atoms with Gasteiger partial charge in [0.25, 0.3) is 11.8 Å². The van der Waals surface area contributed by atoms with Crippen LogP contribution in [0, 0.1) is 13.8 Å². The minimum Gasteiger partial charge on any atom is -0.300 e. The van der Waals surface area contributed by atoms with Crippen LogP contribution in [0.1, 0.15) is 59.3 Å². The standard InChI is InChI=1S/C44H36N2O2/c1-27-13-9-19-33(25-27)29(3)45-41(37-23-11-17-31-15-5-7-21-35(31)37)39-40(43(45)47)42(38-24-12-18-32-16-6-8-22-36(32)38)46(44(39)48)30(4)34-20-10-14-28(2)26-34/h5-26,29-30H,1-4H3. The monoisotopic (exact) mass is 624 g/mol. The van der Waals surface area contributed by atoms with Crippen molar-refractivity contribution >= 4 is 44.8 Å². The van der Waals surface area contributed by atoms with E-state index in [4.69, 9.17) is 0 Å². The molecule has 48 heavy (non-hydrogen) atoms. The zero-order valence-electron chi connectivity index (χ0n) is 27.6. The number of hydrogen-bond acceptors (Lipinski definition) is 2. The fourth-order valence-electron chi connectivity index (χ4n) is 7.63. The van der Waals surface area contributed by atoms with Gasteiger partial charge in [-0.05, 0) is 60.4 Å². The maximum absolute atomic E-state index is 15.3. The molecule has 4 heteroatoms. The third kappa shape index (κ3) is 4.59. The Kier molecular flexibility index (Phi) is 7.10. The summed E-state index contributed by atoms with van der Waals surface area (Å²) in [6.45, 7) is 8.26. The molecule has 0 bridgehead atoms. The Morgan fingerprint density at radius 3 is 1.25 bits per heavy atom. The molecule has 2 aliphatic rings. The van der Waals surface area contributed by atoms with Crippen molar-refractivity contribution in [3.8, 4) is 0 Å². The number of rotatable bonds is 6. The van der Waals surface area contributed by atoms with Crippen LogP contribution in [0.15, 0.2) is 145 Å². The van der Waals surface area contributed by atoms with Gasteiger partial charge < -0.3 is 0 Å². The Morgan fingerprint density at radius 1 is 0.458 bits per heavy atom. The molecule has 8 rings (SSSR count). The second-order valence-electron chi connectivity index (χ2n) is 13.0. The van der Waals surface area contributed by atoms with Gasteiger partial charge in [0, 0.05) is 11.1 Å². The van der Waals surface area contributed by atoms with Crippen LogP contribution in [-0.4, -0.2) is 21.6 Å². The quantitative estimate of drug-likeness (QED) is 0.185. The van der Waals surface area contributed by atoms with Gasteiger partial charge in [0.05, 0.1) is 34.6 Å². The first kappa shape index (κ1) is 29.6. The minimum absolute atomic E-state index is 0.155. The summed E-state index contributed by atoms with van der Waals surface area (Å²) in [5, 5.41) is 4.12. The van der Waals surface area contributed by atoms with E-state index < -0.39 is 0 Å². The Morgan fingerprint density at radius 2 is 0.833 bits per heavy atom. The molecule has 0 spiro atoms. The fraction of sp³-hybridized carbons (Fsp3) is 0.136. The SMILES string of the molecule is Cc1cccc(C(C)N2C(=O)C3=C(c4cccc5ccccc45)N(C(C)c4cccc(C)c4)C(=O)C3=C2c2cccc3ccccc23)c1. The van der Waals surface area contributed by atoms with E-state index in [9.17, 15) is 0 Å². The molecule has 0 aliphatic carbocycles. The number of carbonyl (C=O) groups is 2. The Hall–Kier alpha value is -5.74. The molecule has 4 nitrogen and oxygen atoms in total. The van der Waals surface area contributed by atoms with Crippen LogP contribution in [0.4, 0.5) is 0 Å². The van der Waals surface area contributed by atoms with Crippen LogP contribution < -0.4 is 0 Å². The maximum Gasteiger partial charge on any atom is 0.261 e. The number of nitrogens with zero attached hydrogens (tertiary/aromatic N) is 2. The molecule has 0 aromatic heterocycles. The molecule has 6 aromatic carbocycles. The third-order valence-corrected chi connectivity index (χ3v) is 9.98. The van der Waals surface area contributed by atoms with Crippen molar-refractivity contribution in [2.75, 3.05) is 0 Å². The molecule has 0 fully saturated rings. The highest BCUT2D eigenvalue weighted by Gasteiger charge is 2.51. The number of benzene rings is 6. The van der Waals surface area contributed by atoms with Gasteiger partial charge >= 0.3 is 0 Å². The van der Waals surface area contributed by atoms with E-state index in [0.29, 0.717) is 22.5 Å². The highest BCUT2D eigenvalue weighted by atomic mass is 16.2. The molecule has 2 amide bonds. The average molecular weight is 625 g/mol. The van der Waals surface area contributed by atoms with E-state index in [1.807, 2.05) is 70.5 Å². The first-order valence-corrected chi connectivity index (χ1v) is 16.6. The van der Waals surface area contributed by atoms with Gasteiger partial charge in [-0.3, -0.25) is 19.4 Å². The van der Waals surface area contributed by atoms with Crippen molar-refractivity contribution in [3.63, 3.8) is 0 Å². The molecule has 0 saturated carbocycles. The van der Waals surface area contributed by atoms with Gasteiger partial charge in [0.15, 0.2) is 0 Å².